The van der Waals surface area contributed by atoms with Gasteiger partial charge in [-0.1, -0.05) is 0 Å². The summed E-state index contributed by atoms with van der Waals surface area (Å²) in [6.07, 6.45) is 0. The van der Waals surface area contributed by atoms with Crippen LogP contribution in [0, 0.1) is 0 Å². The fraction of sp³-hybridized carbons (Fsp3) is 0.824. The molecule has 1 rings (SSSR count). The minimum Gasteiger partial charge on any atom is -0.349 e. The van der Waals surface area contributed by atoms with Crippen LogP contribution in [0.15, 0.2) is 0 Å². The van der Waals surface area contributed by atoms with Crippen molar-refractivity contribution in [2.75, 3.05) is 15.5 Å². The van der Waals surface area contributed by atoms with Gasteiger partial charge in [0, 0.05) is 23.2 Å². The third-order valence-electron chi connectivity index (χ3n) is 2.94. The highest BCUT2D eigenvalue weighted by Gasteiger charge is 2.22. The molecule has 0 saturated carbocycles. The van der Waals surface area contributed by atoms with Crippen molar-refractivity contribution in [3.8, 4) is 0 Å². The van der Waals surface area contributed by atoms with Crippen LogP contribution in [-0.2, 0) is 0 Å². The van der Waals surface area contributed by atoms with E-state index in [-0.39, 0.29) is 11.1 Å². The lowest BCUT2D eigenvalue weighted by Crippen LogP contribution is -2.39. The van der Waals surface area contributed by atoms with Crippen LogP contribution < -0.4 is 15.5 Å². The van der Waals surface area contributed by atoms with Gasteiger partial charge in [-0.05, 0) is 69.2 Å². The molecule has 132 valence electrons. The Morgan fingerprint density at radius 1 is 0.696 bits per heavy atom. The summed E-state index contributed by atoms with van der Waals surface area (Å²) >= 11 is 0. The summed E-state index contributed by atoms with van der Waals surface area (Å²) in [5.74, 6) is 1.89. The standard InChI is InChI=1S/C17H34N6/c1-11(2)23(12(3)4)15-19-13(21-16(5,6)7)18-14(20-15)22-17(8,9)10/h11-12H,1-10H3,(H2,18,19,20,21,22). The van der Waals surface area contributed by atoms with E-state index in [2.05, 4.69) is 99.7 Å². The Balaban J connectivity index is 3.32. The predicted octanol–water partition coefficient (Wildman–Crippen LogP) is 3.92. The number of nitrogens with one attached hydrogen (secondary N) is 2. The molecular formula is C17H34N6. The van der Waals surface area contributed by atoms with Crippen molar-refractivity contribution in [2.24, 2.45) is 0 Å². The van der Waals surface area contributed by atoms with Gasteiger partial charge in [0.25, 0.3) is 0 Å². The van der Waals surface area contributed by atoms with E-state index in [0.29, 0.717) is 29.9 Å². The van der Waals surface area contributed by atoms with Gasteiger partial charge in [-0.25, -0.2) is 0 Å². The monoisotopic (exact) mass is 322 g/mol. The Hall–Kier alpha value is -1.59. The zero-order valence-electron chi connectivity index (χ0n) is 16.4. The zero-order valence-corrected chi connectivity index (χ0v) is 16.4. The molecule has 1 aromatic heterocycles. The third kappa shape index (κ3) is 6.59. The van der Waals surface area contributed by atoms with Crippen LogP contribution in [0.2, 0.25) is 0 Å². The third-order valence-corrected chi connectivity index (χ3v) is 2.94. The Morgan fingerprint density at radius 3 is 1.30 bits per heavy atom. The van der Waals surface area contributed by atoms with Crippen LogP contribution in [0.5, 0.6) is 0 Å². The number of rotatable bonds is 5. The summed E-state index contributed by atoms with van der Waals surface area (Å²) < 4.78 is 0. The average Bonchev–Trinajstić information content (AvgIpc) is 2.21. The first-order chi connectivity index (χ1) is 10.3. The van der Waals surface area contributed by atoms with Gasteiger partial charge in [0.05, 0.1) is 0 Å². The van der Waals surface area contributed by atoms with Gasteiger partial charge in [-0.3, -0.25) is 0 Å². The first-order valence-electron chi connectivity index (χ1n) is 8.39. The molecule has 6 heteroatoms. The van der Waals surface area contributed by atoms with Crippen molar-refractivity contribution in [1.82, 2.24) is 15.0 Å². The molecule has 0 fully saturated rings. The second-order valence-corrected chi connectivity index (χ2v) is 8.63. The first-order valence-corrected chi connectivity index (χ1v) is 8.39. The first kappa shape index (κ1) is 19.5. The van der Waals surface area contributed by atoms with E-state index >= 15 is 0 Å². The van der Waals surface area contributed by atoms with Crippen LogP contribution >= 0.6 is 0 Å². The van der Waals surface area contributed by atoms with E-state index in [1.54, 1.807) is 0 Å². The summed E-state index contributed by atoms with van der Waals surface area (Å²) in [4.78, 5) is 16.0. The molecule has 1 heterocycles. The van der Waals surface area contributed by atoms with Crippen molar-refractivity contribution in [3.63, 3.8) is 0 Å². The van der Waals surface area contributed by atoms with E-state index in [4.69, 9.17) is 0 Å². The van der Waals surface area contributed by atoms with Crippen LogP contribution in [0.4, 0.5) is 17.8 Å². The Bertz CT molecular complexity index is 469. The number of hydrogen-bond donors (Lipinski definition) is 2. The highest BCUT2D eigenvalue weighted by atomic mass is 15.4. The molecule has 23 heavy (non-hydrogen) atoms. The molecule has 0 spiro atoms. The fourth-order valence-electron chi connectivity index (χ4n) is 2.32. The lowest BCUT2D eigenvalue weighted by molar-refractivity contribution is 0.582. The predicted molar refractivity (Wildman–Crippen MR) is 99.3 cm³/mol. The molecule has 1 aromatic rings. The SMILES string of the molecule is CC(C)N(c1nc(NC(C)(C)C)nc(NC(C)(C)C)n1)C(C)C. The van der Waals surface area contributed by atoms with E-state index in [9.17, 15) is 0 Å². The Kier molecular flexibility index (Phi) is 5.83. The van der Waals surface area contributed by atoms with Crippen molar-refractivity contribution in [3.05, 3.63) is 0 Å². The van der Waals surface area contributed by atoms with Crippen LogP contribution in [0.3, 0.4) is 0 Å². The minimum absolute atomic E-state index is 0.113. The maximum Gasteiger partial charge on any atom is 0.232 e. The normalized spacial score (nSPS) is 12.7. The van der Waals surface area contributed by atoms with Crippen LogP contribution in [0.25, 0.3) is 0 Å². The molecule has 0 amide bonds. The molecule has 6 nitrogen and oxygen atoms in total. The van der Waals surface area contributed by atoms with Crippen LogP contribution in [0.1, 0.15) is 69.2 Å². The quantitative estimate of drug-likeness (QED) is 0.856. The second kappa shape index (κ2) is 6.89. The van der Waals surface area contributed by atoms with E-state index in [0.717, 1.165) is 0 Å². The molecule has 0 aliphatic heterocycles. The van der Waals surface area contributed by atoms with Gasteiger partial charge in [-0.2, -0.15) is 15.0 Å². The number of nitrogens with zero attached hydrogens (tertiary/aromatic N) is 4. The highest BCUT2D eigenvalue weighted by Crippen LogP contribution is 2.21. The van der Waals surface area contributed by atoms with Gasteiger partial charge in [0.15, 0.2) is 0 Å². The lowest BCUT2D eigenvalue weighted by Gasteiger charge is -2.32. The van der Waals surface area contributed by atoms with E-state index < -0.39 is 0 Å². The van der Waals surface area contributed by atoms with Crippen molar-refractivity contribution < 1.29 is 0 Å². The summed E-state index contributed by atoms with van der Waals surface area (Å²) in [6.45, 7) is 21.2. The second-order valence-electron chi connectivity index (χ2n) is 8.63. The Morgan fingerprint density at radius 2 is 1.04 bits per heavy atom. The van der Waals surface area contributed by atoms with E-state index in [1.807, 2.05) is 0 Å². The zero-order chi connectivity index (χ0) is 18.0. The molecule has 0 aromatic carbocycles. The molecule has 0 aliphatic rings. The molecule has 0 radical (unpaired) electrons. The summed E-state index contributed by atoms with van der Waals surface area (Å²) in [6, 6.07) is 0.616. The molecule has 0 atom stereocenters. The van der Waals surface area contributed by atoms with Crippen molar-refractivity contribution in [1.29, 1.82) is 0 Å². The van der Waals surface area contributed by atoms with Crippen LogP contribution in [-0.4, -0.2) is 38.1 Å². The van der Waals surface area contributed by atoms with Crippen molar-refractivity contribution in [2.45, 2.75) is 92.4 Å². The molecule has 0 saturated heterocycles. The molecular weight excluding hydrogens is 288 g/mol. The largest absolute Gasteiger partial charge is 0.349 e. The highest BCUT2D eigenvalue weighted by molar-refractivity contribution is 5.46. The van der Waals surface area contributed by atoms with Gasteiger partial charge < -0.3 is 15.5 Å². The average molecular weight is 323 g/mol. The van der Waals surface area contributed by atoms with Gasteiger partial charge >= 0.3 is 0 Å². The summed E-state index contributed by atoms with van der Waals surface area (Å²) in [7, 11) is 0. The fourth-order valence-corrected chi connectivity index (χ4v) is 2.32. The topological polar surface area (TPSA) is 66.0 Å². The molecule has 0 unspecified atom stereocenters. The lowest BCUT2D eigenvalue weighted by atomic mass is 10.1. The maximum atomic E-state index is 4.64. The summed E-state index contributed by atoms with van der Waals surface area (Å²) in [5.41, 5.74) is -0.226. The maximum absolute atomic E-state index is 4.64. The summed E-state index contributed by atoms with van der Waals surface area (Å²) in [5, 5.41) is 6.70. The molecule has 0 bridgehead atoms. The van der Waals surface area contributed by atoms with Gasteiger partial charge in [0.1, 0.15) is 0 Å². The molecule has 0 aliphatic carbocycles. The van der Waals surface area contributed by atoms with Gasteiger partial charge in [-0.15, -0.1) is 0 Å². The molecule has 2 N–H and O–H groups in total. The smallest absolute Gasteiger partial charge is 0.232 e. The Labute approximate surface area is 141 Å². The number of aromatic nitrogens is 3. The number of anilines is 3. The minimum atomic E-state index is -0.113. The van der Waals surface area contributed by atoms with E-state index in [1.165, 1.54) is 0 Å². The van der Waals surface area contributed by atoms with Crippen molar-refractivity contribution >= 4 is 17.8 Å². The number of hydrogen-bond acceptors (Lipinski definition) is 6. The van der Waals surface area contributed by atoms with Gasteiger partial charge in [0.2, 0.25) is 17.8 Å².